The van der Waals surface area contributed by atoms with E-state index in [1.54, 1.807) is 23.7 Å². The number of hydrogen-bond donors (Lipinski definition) is 2. The lowest BCUT2D eigenvalue weighted by atomic mass is 10.1. The third kappa shape index (κ3) is 3.93. The van der Waals surface area contributed by atoms with Gasteiger partial charge in [-0.25, -0.2) is 4.98 Å². The zero-order chi connectivity index (χ0) is 24.0. The van der Waals surface area contributed by atoms with Crippen molar-refractivity contribution in [1.82, 2.24) is 14.1 Å². The number of nitrogens with zero attached hydrogens (tertiary/aromatic N) is 4. The molecule has 34 heavy (non-hydrogen) atoms. The Bertz CT molecular complexity index is 1480. The molecule has 9 heteroatoms. The first-order valence-electron chi connectivity index (χ1n) is 11.3. The van der Waals surface area contributed by atoms with E-state index in [4.69, 9.17) is 22.3 Å². The molecule has 8 nitrogen and oxygen atoms in total. The molecule has 0 unspecified atom stereocenters. The molecule has 0 saturated carbocycles. The summed E-state index contributed by atoms with van der Waals surface area (Å²) < 4.78 is 3.51. The van der Waals surface area contributed by atoms with Crippen molar-refractivity contribution in [3.63, 3.8) is 0 Å². The number of halogens is 1. The fraction of sp³-hybridized carbons (Fsp3) is 0.320. The van der Waals surface area contributed by atoms with E-state index >= 15 is 0 Å². The van der Waals surface area contributed by atoms with Gasteiger partial charge in [-0.05, 0) is 36.1 Å². The molecule has 0 aliphatic carbocycles. The highest BCUT2D eigenvalue weighted by Crippen LogP contribution is 2.30. The summed E-state index contributed by atoms with van der Waals surface area (Å²) in [5.41, 5.74) is 9.35. The maximum Gasteiger partial charge on any atom is 0.307 e. The largest absolute Gasteiger partial charge is 0.481 e. The predicted molar refractivity (Wildman–Crippen MR) is 134 cm³/mol. The molecule has 4 aromatic rings. The van der Waals surface area contributed by atoms with Gasteiger partial charge in [0.15, 0.2) is 0 Å². The van der Waals surface area contributed by atoms with Gasteiger partial charge in [0.05, 0.1) is 18.5 Å². The summed E-state index contributed by atoms with van der Waals surface area (Å²) in [6.45, 7) is 1.86. The highest BCUT2D eigenvalue weighted by Gasteiger charge is 2.26. The minimum Gasteiger partial charge on any atom is -0.481 e. The number of aromatic nitrogens is 3. The summed E-state index contributed by atoms with van der Waals surface area (Å²) in [6.07, 6.45) is 1.80. The van der Waals surface area contributed by atoms with Gasteiger partial charge < -0.3 is 24.9 Å². The van der Waals surface area contributed by atoms with Gasteiger partial charge in [-0.15, -0.1) is 0 Å². The Kier molecular flexibility index (Phi) is 5.79. The second-order valence-corrected chi connectivity index (χ2v) is 9.33. The number of anilines is 1. The molecule has 2 aromatic carbocycles. The van der Waals surface area contributed by atoms with Crippen molar-refractivity contribution in [3.05, 3.63) is 69.0 Å². The number of hydrogen-bond acceptors (Lipinski definition) is 5. The van der Waals surface area contributed by atoms with Crippen LogP contribution < -0.4 is 16.2 Å². The monoisotopic (exact) mass is 479 g/mol. The van der Waals surface area contributed by atoms with Gasteiger partial charge in [0.1, 0.15) is 11.0 Å². The summed E-state index contributed by atoms with van der Waals surface area (Å²) in [5.74, 6) is -0.220. The lowest BCUT2D eigenvalue weighted by Crippen LogP contribution is -2.44. The fourth-order valence-electron chi connectivity index (χ4n) is 4.83. The van der Waals surface area contributed by atoms with Gasteiger partial charge >= 0.3 is 5.97 Å². The Labute approximate surface area is 201 Å². The van der Waals surface area contributed by atoms with Crippen molar-refractivity contribution >= 4 is 45.5 Å². The molecule has 1 aliphatic heterocycles. The van der Waals surface area contributed by atoms with Crippen LogP contribution in [0.3, 0.4) is 0 Å². The number of fused-ring (bicyclic) bond motifs is 3. The van der Waals surface area contributed by atoms with Crippen LogP contribution >= 0.6 is 11.6 Å². The highest BCUT2D eigenvalue weighted by atomic mass is 35.5. The number of carbonyl (C=O) groups is 1. The van der Waals surface area contributed by atoms with Crippen molar-refractivity contribution in [2.45, 2.75) is 31.8 Å². The van der Waals surface area contributed by atoms with Gasteiger partial charge in [0, 0.05) is 36.6 Å². The minimum absolute atomic E-state index is 0.0421. The summed E-state index contributed by atoms with van der Waals surface area (Å²) in [6, 6.07) is 13.0. The molecular weight excluding hydrogens is 454 g/mol. The average Bonchev–Trinajstić information content (AvgIpc) is 3.18. The van der Waals surface area contributed by atoms with E-state index in [1.807, 2.05) is 34.9 Å². The maximum absolute atomic E-state index is 13.6. The molecule has 176 valence electrons. The number of piperidine rings is 1. The number of rotatable bonds is 5. The fourth-order valence-corrected chi connectivity index (χ4v) is 5.03. The number of aliphatic carboxylic acids is 1. The molecular formula is C25H26ClN5O3. The van der Waals surface area contributed by atoms with Crippen molar-refractivity contribution in [1.29, 1.82) is 0 Å². The Balaban J connectivity index is 1.77. The van der Waals surface area contributed by atoms with Crippen LogP contribution in [0.1, 0.15) is 24.0 Å². The normalized spacial score (nSPS) is 16.4. The van der Waals surface area contributed by atoms with Gasteiger partial charge in [-0.3, -0.25) is 9.59 Å². The van der Waals surface area contributed by atoms with E-state index in [9.17, 15) is 14.7 Å². The molecule has 0 radical (unpaired) electrons. The van der Waals surface area contributed by atoms with Crippen molar-refractivity contribution in [2.75, 3.05) is 18.0 Å². The van der Waals surface area contributed by atoms with Gasteiger partial charge in [0.2, 0.25) is 5.95 Å². The van der Waals surface area contributed by atoms with Crippen LogP contribution in [-0.4, -0.2) is 44.3 Å². The van der Waals surface area contributed by atoms with E-state index in [0.717, 1.165) is 30.3 Å². The Morgan fingerprint density at radius 3 is 2.79 bits per heavy atom. The lowest BCUT2D eigenvalue weighted by molar-refractivity contribution is -0.136. The summed E-state index contributed by atoms with van der Waals surface area (Å²) in [7, 11) is 1.71. The SMILES string of the molecule is Cn1c(=O)c2c(nc(N3CCC[C@@H](N)C3)n2Cc2ccccc2Cl)c2ccc(CC(=O)O)cc21. The molecule has 0 spiro atoms. The summed E-state index contributed by atoms with van der Waals surface area (Å²) in [4.78, 5) is 32.0. The minimum atomic E-state index is -0.918. The Morgan fingerprint density at radius 2 is 2.06 bits per heavy atom. The highest BCUT2D eigenvalue weighted by molar-refractivity contribution is 6.31. The van der Waals surface area contributed by atoms with Crippen LogP contribution in [0.15, 0.2) is 47.3 Å². The molecule has 1 saturated heterocycles. The molecule has 3 heterocycles. The predicted octanol–water partition coefficient (Wildman–Crippen LogP) is 3.14. The third-order valence-corrected chi connectivity index (χ3v) is 6.88. The zero-order valence-electron chi connectivity index (χ0n) is 18.9. The number of benzene rings is 2. The third-order valence-electron chi connectivity index (χ3n) is 6.52. The molecule has 2 aromatic heterocycles. The van der Waals surface area contributed by atoms with E-state index in [0.29, 0.717) is 46.2 Å². The lowest BCUT2D eigenvalue weighted by Gasteiger charge is -2.32. The summed E-state index contributed by atoms with van der Waals surface area (Å²) in [5, 5.41) is 10.6. The zero-order valence-corrected chi connectivity index (χ0v) is 19.6. The molecule has 3 N–H and O–H groups in total. The Morgan fingerprint density at radius 1 is 1.26 bits per heavy atom. The molecule has 1 aliphatic rings. The second-order valence-electron chi connectivity index (χ2n) is 8.92. The van der Waals surface area contributed by atoms with Crippen LogP contribution in [0.2, 0.25) is 5.02 Å². The van der Waals surface area contributed by atoms with Crippen LogP contribution in [0.4, 0.5) is 5.95 Å². The molecule has 1 atom stereocenters. The molecule has 0 bridgehead atoms. The van der Waals surface area contributed by atoms with E-state index in [2.05, 4.69) is 4.90 Å². The first-order chi connectivity index (χ1) is 16.3. The summed E-state index contributed by atoms with van der Waals surface area (Å²) >= 11 is 6.48. The molecule has 1 fully saturated rings. The van der Waals surface area contributed by atoms with Gasteiger partial charge in [-0.1, -0.05) is 41.9 Å². The Hall–Kier alpha value is -3.36. The number of carboxylic acid groups (broad SMARTS) is 1. The van der Waals surface area contributed by atoms with Crippen LogP contribution in [0, 0.1) is 0 Å². The van der Waals surface area contributed by atoms with Crippen molar-refractivity contribution in [3.8, 4) is 0 Å². The number of nitrogens with two attached hydrogens (primary N) is 1. The number of pyridine rings is 1. The van der Waals surface area contributed by atoms with Crippen molar-refractivity contribution < 1.29 is 9.90 Å². The quantitative estimate of drug-likeness (QED) is 0.455. The number of imidazole rings is 1. The standard InChI is InChI=1S/C25H26ClN5O3/c1-29-20-11-15(12-21(32)33)8-9-18(20)22-23(24(29)34)31(13-16-5-2-3-7-19(16)26)25(28-22)30-10-4-6-17(27)14-30/h2-3,5,7-9,11,17H,4,6,10,12-14,27H2,1H3,(H,32,33)/t17-/m1/s1. The second kappa shape index (κ2) is 8.77. The molecule has 0 amide bonds. The van der Waals surface area contributed by atoms with Gasteiger partial charge in [0.25, 0.3) is 5.56 Å². The van der Waals surface area contributed by atoms with Crippen molar-refractivity contribution in [2.24, 2.45) is 12.8 Å². The number of carboxylic acids is 1. The van der Waals surface area contributed by atoms with Crippen LogP contribution in [0.25, 0.3) is 21.9 Å². The van der Waals surface area contributed by atoms with Crippen LogP contribution in [0.5, 0.6) is 0 Å². The van der Waals surface area contributed by atoms with Gasteiger partial charge in [-0.2, -0.15) is 0 Å². The maximum atomic E-state index is 13.6. The topological polar surface area (TPSA) is 106 Å². The smallest absolute Gasteiger partial charge is 0.307 e. The average molecular weight is 480 g/mol. The molecule has 5 rings (SSSR count). The van der Waals surface area contributed by atoms with E-state index in [-0.39, 0.29) is 18.0 Å². The van der Waals surface area contributed by atoms with Crippen LogP contribution in [-0.2, 0) is 24.8 Å². The number of aryl methyl sites for hydroxylation is 1. The first kappa shape index (κ1) is 22.4. The first-order valence-corrected chi connectivity index (χ1v) is 11.7. The van der Waals surface area contributed by atoms with E-state index < -0.39 is 5.97 Å². The van der Waals surface area contributed by atoms with E-state index in [1.165, 1.54) is 0 Å².